The molecule has 3 aliphatic rings. The first-order valence-corrected chi connectivity index (χ1v) is 11.1. The van der Waals surface area contributed by atoms with Crippen LogP contribution in [0.5, 0.6) is 0 Å². The van der Waals surface area contributed by atoms with Crippen molar-refractivity contribution in [3.05, 3.63) is 22.4 Å². The smallest absolute Gasteiger partial charge is 0.134 e. The van der Waals surface area contributed by atoms with Crippen molar-refractivity contribution in [2.45, 2.75) is 77.7 Å². The summed E-state index contributed by atoms with van der Waals surface area (Å²) in [5.41, 5.74) is 2.28. The van der Waals surface area contributed by atoms with Crippen LogP contribution >= 0.6 is 0 Å². The van der Waals surface area contributed by atoms with Gasteiger partial charge in [0.05, 0.1) is 5.57 Å². The standard InChI is InChI=1S/C24H33N5/c1-24(2)12-21(19(14-25)15-26)22(16-27)23(13-24)29-10-8-20(9-11-29)28-17-18-6-4-3-5-7-18/h18,20,28H,3-13,17H2,1-2H3. The highest BCUT2D eigenvalue weighted by Crippen LogP contribution is 2.44. The summed E-state index contributed by atoms with van der Waals surface area (Å²) in [6.45, 7) is 7.32. The number of rotatable bonds is 4. The molecule has 5 heteroatoms. The minimum atomic E-state index is -0.0555. The zero-order valence-electron chi connectivity index (χ0n) is 17.9. The van der Waals surface area contributed by atoms with Crippen molar-refractivity contribution in [2.24, 2.45) is 11.3 Å². The van der Waals surface area contributed by atoms with Gasteiger partial charge in [0, 0.05) is 30.4 Å². The Kier molecular flexibility index (Phi) is 7.00. The number of nitrogens with one attached hydrogen (secondary N) is 1. The highest BCUT2D eigenvalue weighted by molar-refractivity contribution is 5.57. The molecule has 1 saturated heterocycles. The average molecular weight is 392 g/mol. The van der Waals surface area contributed by atoms with Gasteiger partial charge in [-0.2, -0.15) is 15.8 Å². The molecule has 0 spiro atoms. The molecule has 29 heavy (non-hydrogen) atoms. The second-order valence-electron chi connectivity index (χ2n) is 9.70. The molecule has 1 heterocycles. The van der Waals surface area contributed by atoms with Crippen LogP contribution in [0.25, 0.3) is 0 Å². The molecule has 5 nitrogen and oxygen atoms in total. The van der Waals surface area contributed by atoms with E-state index in [9.17, 15) is 15.8 Å². The van der Waals surface area contributed by atoms with Crippen LogP contribution in [0.2, 0.25) is 0 Å². The van der Waals surface area contributed by atoms with Crippen molar-refractivity contribution < 1.29 is 0 Å². The summed E-state index contributed by atoms with van der Waals surface area (Å²) in [6, 6.07) is 6.90. The molecule has 0 amide bonds. The Bertz CT molecular complexity index is 769. The number of likely N-dealkylation sites (tertiary alicyclic amines) is 1. The second-order valence-corrected chi connectivity index (χ2v) is 9.70. The van der Waals surface area contributed by atoms with Crippen LogP contribution in [0.15, 0.2) is 22.4 Å². The molecule has 1 aliphatic heterocycles. The lowest BCUT2D eigenvalue weighted by molar-refractivity contribution is 0.201. The molecule has 154 valence electrons. The third-order valence-electron chi connectivity index (χ3n) is 6.83. The highest BCUT2D eigenvalue weighted by atomic mass is 15.2. The van der Waals surface area contributed by atoms with E-state index in [0.29, 0.717) is 23.6 Å². The molecule has 0 aromatic heterocycles. The predicted molar refractivity (Wildman–Crippen MR) is 113 cm³/mol. The lowest BCUT2D eigenvalue weighted by Gasteiger charge is -2.42. The summed E-state index contributed by atoms with van der Waals surface area (Å²) >= 11 is 0. The average Bonchev–Trinajstić information content (AvgIpc) is 2.73. The monoisotopic (exact) mass is 391 g/mol. The van der Waals surface area contributed by atoms with Gasteiger partial charge >= 0.3 is 0 Å². The maximum atomic E-state index is 9.85. The zero-order chi connectivity index (χ0) is 20.9. The summed E-state index contributed by atoms with van der Waals surface area (Å²) in [7, 11) is 0. The fourth-order valence-corrected chi connectivity index (χ4v) is 5.20. The number of allylic oxidation sites excluding steroid dienone is 4. The molecule has 1 saturated carbocycles. The first-order valence-electron chi connectivity index (χ1n) is 11.1. The Morgan fingerprint density at radius 3 is 2.24 bits per heavy atom. The summed E-state index contributed by atoms with van der Waals surface area (Å²) < 4.78 is 0. The summed E-state index contributed by atoms with van der Waals surface area (Å²) in [5, 5.41) is 32.4. The molecule has 3 rings (SSSR count). The fraction of sp³-hybridized carbons (Fsp3) is 0.708. The lowest BCUT2D eigenvalue weighted by Crippen LogP contribution is -2.44. The minimum Gasteiger partial charge on any atom is -0.374 e. The number of hydrogen-bond acceptors (Lipinski definition) is 5. The normalized spacial score (nSPS) is 23.3. The Labute approximate surface area is 175 Å². The molecular formula is C24H33N5. The van der Waals surface area contributed by atoms with E-state index in [1.807, 2.05) is 12.1 Å². The van der Waals surface area contributed by atoms with Gasteiger partial charge in [0.2, 0.25) is 0 Å². The van der Waals surface area contributed by atoms with Crippen molar-refractivity contribution in [1.29, 1.82) is 15.8 Å². The molecule has 0 unspecified atom stereocenters. The first-order chi connectivity index (χ1) is 14.0. The number of nitrogens with zero attached hydrogens (tertiary/aromatic N) is 4. The largest absolute Gasteiger partial charge is 0.374 e. The SMILES string of the molecule is CC1(C)CC(=C(C#N)C#N)C(C#N)=C(N2CCC(NCC3CCCCC3)CC2)C1. The molecule has 0 aromatic carbocycles. The number of hydrogen-bond donors (Lipinski definition) is 1. The van der Waals surface area contributed by atoms with E-state index in [0.717, 1.165) is 50.5 Å². The predicted octanol–water partition coefficient (Wildman–Crippen LogP) is 4.56. The second kappa shape index (κ2) is 9.47. The molecule has 0 aromatic rings. The van der Waals surface area contributed by atoms with Crippen molar-refractivity contribution in [1.82, 2.24) is 10.2 Å². The summed E-state index contributed by atoms with van der Waals surface area (Å²) in [5.74, 6) is 0.844. The molecule has 0 bridgehead atoms. The van der Waals surface area contributed by atoms with E-state index in [1.165, 1.54) is 32.1 Å². The van der Waals surface area contributed by atoms with Crippen molar-refractivity contribution >= 4 is 0 Å². The van der Waals surface area contributed by atoms with E-state index in [4.69, 9.17) is 0 Å². The van der Waals surface area contributed by atoms with Crippen LogP contribution in [0.1, 0.15) is 71.6 Å². The van der Waals surface area contributed by atoms with E-state index in [2.05, 4.69) is 30.1 Å². The highest BCUT2D eigenvalue weighted by Gasteiger charge is 2.35. The summed E-state index contributed by atoms with van der Waals surface area (Å²) in [4.78, 5) is 2.34. The van der Waals surface area contributed by atoms with Crippen molar-refractivity contribution in [2.75, 3.05) is 19.6 Å². The molecule has 0 atom stereocenters. The van der Waals surface area contributed by atoms with Crippen LogP contribution < -0.4 is 5.32 Å². The molecule has 2 aliphatic carbocycles. The topological polar surface area (TPSA) is 86.6 Å². The third kappa shape index (κ3) is 5.20. The van der Waals surface area contributed by atoms with Gasteiger partial charge in [0.1, 0.15) is 23.8 Å². The van der Waals surface area contributed by atoms with Gasteiger partial charge in [0.25, 0.3) is 0 Å². The van der Waals surface area contributed by atoms with E-state index in [1.54, 1.807) is 0 Å². The van der Waals surface area contributed by atoms with Gasteiger partial charge in [-0.25, -0.2) is 0 Å². The summed E-state index contributed by atoms with van der Waals surface area (Å²) in [6.07, 6.45) is 10.5. The van der Waals surface area contributed by atoms with Gasteiger partial charge < -0.3 is 10.2 Å². The third-order valence-corrected chi connectivity index (χ3v) is 6.83. The van der Waals surface area contributed by atoms with Gasteiger partial charge in [-0.05, 0) is 56.4 Å². The Hall–Kier alpha value is -2.29. The number of piperidine rings is 1. The maximum absolute atomic E-state index is 9.85. The Morgan fingerprint density at radius 1 is 1.00 bits per heavy atom. The first kappa shape index (κ1) is 21.4. The van der Waals surface area contributed by atoms with Gasteiger partial charge in [-0.3, -0.25) is 0 Å². The number of nitriles is 3. The van der Waals surface area contributed by atoms with Gasteiger partial charge in [0.15, 0.2) is 0 Å². The molecule has 1 N–H and O–H groups in total. The van der Waals surface area contributed by atoms with Gasteiger partial charge in [-0.15, -0.1) is 0 Å². The Balaban J connectivity index is 1.69. The van der Waals surface area contributed by atoms with Crippen LogP contribution in [-0.4, -0.2) is 30.6 Å². The van der Waals surface area contributed by atoms with Crippen LogP contribution in [0.3, 0.4) is 0 Å². The maximum Gasteiger partial charge on any atom is 0.134 e. The van der Waals surface area contributed by atoms with E-state index in [-0.39, 0.29) is 11.0 Å². The quantitative estimate of drug-likeness (QED) is 0.710. The van der Waals surface area contributed by atoms with Crippen LogP contribution in [0, 0.1) is 45.3 Å². The lowest BCUT2D eigenvalue weighted by atomic mass is 9.72. The van der Waals surface area contributed by atoms with Crippen molar-refractivity contribution in [3.8, 4) is 18.2 Å². The van der Waals surface area contributed by atoms with Crippen molar-refractivity contribution in [3.63, 3.8) is 0 Å². The molecular weight excluding hydrogens is 358 g/mol. The fourth-order valence-electron chi connectivity index (χ4n) is 5.20. The van der Waals surface area contributed by atoms with E-state index >= 15 is 0 Å². The van der Waals surface area contributed by atoms with E-state index < -0.39 is 0 Å². The molecule has 0 radical (unpaired) electrons. The zero-order valence-corrected chi connectivity index (χ0v) is 17.9. The minimum absolute atomic E-state index is 0.0555. The van der Waals surface area contributed by atoms with Crippen LogP contribution in [-0.2, 0) is 0 Å². The van der Waals surface area contributed by atoms with Gasteiger partial charge in [-0.1, -0.05) is 33.1 Å². The Morgan fingerprint density at radius 2 is 1.66 bits per heavy atom. The van der Waals surface area contributed by atoms with Crippen LogP contribution in [0.4, 0.5) is 0 Å². The molecule has 2 fully saturated rings.